The van der Waals surface area contributed by atoms with Crippen LogP contribution in [0, 0.1) is 5.82 Å². The molecular weight excluding hydrogens is 532 g/mol. The van der Waals surface area contributed by atoms with Crippen molar-refractivity contribution in [1.29, 1.82) is 0 Å². The summed E-state index contributed by atoms with van der Waals surface area (Å²) >= 11 is 0. The second-order valence-electron chi connectivity index (χ2n) is 9.10. The molecule has 0 amide bonds. The number of aromatic amines is 1. The fraction of sp³-hybridized carbons (Fsp3) is 0.308. The van der Waals surface area contributed by atoms with Crippen molar-refractivity contribution in [1.82, 2.24) is 34.3 Å². The molecule has 0 unspecified atom stereocenters. The first-order valence-corrected chi connectivity index (χ1v) is 12.4. The maximum absolute atomic E-state index is 14.4. The number of aryl methyl sites for hydroxylation is 1. The first kappa shape index (κ1) is 28.4. The normalized spacial score (nSPS) is 13.3. The summed E-state index contributed by atoms with van der Waals surface area (Å²) in [5.41, 5.74) is 2.45. The van der Waals surface area contributed by atoms with Crippen LogP contribution in [0.2, 0.25) is 0 Å². The lowest BCUT2D eigenvalue weighted by atomic mass is 10.0. The van der Waals surface area contributed by atoms with E-state index in [-0.39, 0.29) is 22.3 Å². The van der Waals surface area contributed by atoms with Gasteiger partial charge in [0, 0.05) is 13.2 Å². The molecule has 5 aromatic rings. The Hall–Kier alpha value is -4.62. The van der Waals surface area contributed by atoms with Gasteiger partial charge in [0.2, 0.25) is 0 Å². The van der Waals surface area contributed by atoms with Gasteiger partial charge in [0.25, 0.3) is 11.1 Å². The Morgan fingerprint density at radius 1 is 1.02 bits per heavy atom. The van der Waals surface area contributed by atoms with E-state index in [1.54, 1.807) is 28.9 Å². The number of halogens is 4. The molecule has 4 heterocycles. The summed E-state index contributed by atoms with van der Waals surface area (Å²) in [6.45, 7) is 0. The number of hydrogen-bond donors (Lipinski definition) is 2. The van der Waals surface area contributed by atoms with Crippen molar-refractivity contribution in [2.24, 2.45) is 7.05 Å². The molecule has 1 aliphatic carbocycles. The molecule has 1 aromatic carbocycles. The van der Waals surface area contributed by atoms with Gasteiger partial charge in [-0.1, -0.05) is 44.6 Å². The van der Waals surface area contributed by atoms with Gasteiger partial charge in [0.1, 0.15) is 11.4 Å². The molecule has 3 N–H and O–H groups in total. The molecule has 0 bridgehead atoms. The van der Waals surface area contributed by atoms with Gasteiger partial charge < -0.3 is 10.3 Å². The highest BCUT2D eigenvalue weighted by Gasteiger charge is 2.36. The number of nitrogens with zero attached hydrogens (tertiary/aromatic N) is 6. The van der Waals surface area contributed by atoms with E-state index in [9.17, 15) is 27.2 Å². The minimum Gasteiger partial charge on any atom is -0.397 e. The third-order valence-electron chi connectivity index (χ3n) is 6.16. The van der Waals surface area contributed by atoms with Crippen molar-refractivity contribution < 1.29 is 17.6 Å². The molecule has 0 spiro atoms. The number of nitrogen functional groups attached to an aromatic ring is 1. The fourth-order valence-corrected chi connectivity index (χ4v) is 4.11. The maximum atomic E-state index is 14.4. The van der Waals surface area contributed by atoms with E-state index in [0.717, 1.165) is 6.20 Å². The second kappa shape index (κ2) is 12.1. The standard InChI is InChI=1S/C15H10FN5O.C6H12.C5H4F3N3O/c1-20-8-17-12-7-9(11(16)6-10(12)15(20)22)14-18-13-4-2-3-5-21(13)19-14;1-2-4-6-5-3-1;6-5(7,8)3-2(9)1-10-11-4(3)12/h2-8H,1H3;1-6H2;1H,(H3,9,11,12). The molecule has 210 valence electrons. The van der Waals surface area contributed by atoms with Gasteiger partial charge in [-0.3, -0.25) is 9.59 Å². The third kappa shape index (κ3) is 6.50. The number of nitrogens with one attached hydrogen (secondary N) is 1. The predicted octanol–water partition coefficient (Wildman–Crippen LogP) is 4.49. The SMILES string of the molecule is C1CCCCC1.Cn1cnc2cc(-c3nc4ccccn4n3)c(F)cc2c1=O.Nc1cn[nH]c(=O)c1C(F)(F)F. The van der Waals surface area contributed by atoms with Gasteiger partial charge >= 0.3 is 6.18 Å². The zero-order valence-electron chi connectivity index (χ0n) is 21.5. The molecule has 0 saturated heterocycles. The summed E-state index contributed by atoms with van der Waals surface area (Å²) in [6.07, 6.45) is 8.15. The largest absolute Gasteiger partial charge is 0.423 e. The number of nitrogens with two attached hydrogens (primary N) is 1. The smallest absolute Gasteiger partial charge is 0.397 e. The zero-order chi connectivity index (χ0) is 28.9. The monoisotopic (exact) mass is 558 g/mol. The predicted molar refractivity (Wildman–Crippen MR) is 141 cm³/mol. The number of benzene rings is 1. The summed E-state index contributed by atoms with van der Waals surface area (Å²) in [6, 6.07) is 8.11. The van der Waals surface area contributed by atoms with E-state index in [1.165, 1.54) is 61.6 Å². The topological polar surface area (TPSA) is 137 Å². The number of fused-ring (bicyclic) bond motifs is 2. The molecule has 40 heavy (non-hydrogen) atoms. The maximum Gasteiger partial charge on any atom is 0.423 e. The molecule has 4 aromatic heterocycles. The van der Waals surface area contributed by atoms with Gasteiger partial charge in [-0.25, -0.2) is 24.0 Å². The van der Waals surface area contributed by atoms with E-state index in [4.69, 9.17) is 5.73 Å². The van der Waals surface area contributed by atoms with Crippen LogP contribution in [0.3, 0.4) is 0 Å². The number of rotatable bonds is 1. The molecule has 1 saturated carbocycles. The lowest BCUT2D eigenvalue weighted by Gasteiger charge is -2.06. The highest BCUT2D eigenvalue weighted by atomic mass is 19.4. The van der Waals surface area contributed by atoms with Crippen LogP contribution in [-0.2, 0) is 13.2 Å². The highest BCUT2D eigenvalue weighted by molar-refractivity contribution is 5.82. The van der Waals surface area contributed by atoms with Gasteiger partial charge in [0.05, 0.1) is 34.7 Å². The summed E-state index contributed by atoms with van der Waals surface area (Å²) in [5.74, 6) is -0.290. The molecule has 0 aliphatic heterocycles. The minimum absolute atomic E-state index is 0.219. The number of pyridine rings is 1. The van der Waals surface area contributed by atoms with Crippen molar-refractivity contribution in [3.63, 3.8) is 0 Å². The lowest BCUT2D eigenvalue weighted by Crippen LogP contribution is -2.24. The van der Waals surface area contributed by atoms with Crippen molar-refractivity contribution in [3.8, 4) is 11.4 Å². The van der Waals surface area contributed by atoms with E-state index in [1.807, 2.05) is 12.1 Å². The average Bonchev–Trinajstić information content (AvgIpc) is 3.36. The number of aromatic nitrogens is 7. The Morgan fingerprint density at radius 2 is 1.70 bits per heavy atom. The van der Waals surface area contributed by atoms with Crippen LogP contribution in [-0.4, -0.2) is 34.3 Å². The molecule has 0 radical (unpaired) electrons. The Bertz CT molecular complexity index is 1690. The van der Waals surface area contributed by atoms with Gasteiger partial charge in [0.15, 0.2) is 11.5 Å². The van der Waals surface area contributed by atoms with Crippen LogP contribution in [0.1, 0.15) is 44.1 Å². The van der Waals surface area contributed by atoms with Crippen LogP contribution in [0.4, 0.5) is 23.2 Å². The van der Waals surface area contributed by atoms with Crippen LogP contribution in [0.25, 0.3) is 27.9 Å². The van der Waals surface area contributed by atoms with Gasteiger partial charge in [-0.05, 0) is 24.3 Å². The Kier molecular flexibility index (Phi) is 8.55. The van der Waals surface area contributed by atoms with Crippen molar-refractivity contribution >= 4 is 22.2 Å². The van der Waals surface area contributed by atoms with Crippen LogP contribution >= 0.6 is 0 Å². The first-order chi connectivity index (χ1) is 19.1. The van der Waals surface area contributed by atoms with Gasteiger partial charge in [-0.15, -0.1) is 5.10 Å². The molecular formula is C26H26F4N8O2. The quantitative estimate of drug-likeness (QED) is 0.289. The van der Waals surface area contributed by atoms with E-state index in [0.29, 0.717) is 11.2 Å². The van der Waals surface area contributed by atoms with E-state index >= 15 is 0 Å². The molecule has 10 nitrogen and oxygen atoms in total. The van der Waals surface area contributed by atoms with E-state index in [2.05, 4.69) is 20.2 Å². The van der Waals surface area contributed by atoms with E-state index < -0.39 is 28.8 Å². The molecule has 6 rings (SSSR count). The number of alkyl halides is 3. The Labute approximate surface area is 224 Å². The van der Waals surface area contributed by atoms with Crippen LogP contribution < -0.4 is 16.9 Å². The highest BCUT2D eigenvalue weighted by Crippen LogP contribution is 2.29. The van der Waals surface area contributed by atoms with Crippen LogP contribution in [0.5, 0.6) is 0 Å². The van der Waals surface area contributed by atoms with Crippen molar-refractivity contribution in [3.05, 3.63) is 81.1 Å². The first-order valence-electron chi connectivity index (χ1n) is 12.4. The molecule has 1 aliphatic rings. The fourth-order valence-electron chi connectivity index (χ4n) is 4.11. The second-order valence-corrected chi connectivity index (χ2v) is 9.10. The number of anilines is 1. The molecule has 0 atom stereocenters. The van der Waals surface area contributed by atoms with Gasteiger partial charge in [-0.2, -0.15) is 18.3 Å². The lowest BCUT2D eigenvalue weighted by molar-refractivity contribution is -0.138. The summed E-state index contributed by atoms with van der Waals surface area (Å²) in [4.78, 5) is 31.0. The number of hydrogen-bond acceptors (Lipinski definition) is 7. The minimum atomic E-state index is -4.74. The number of H-pyrrole nitrogens is 1. The average molecular weight is 559 g/mol. The Balaban J connectivity index is 0.000000171. The summed E-state index contributed by atoms with van der Waals surface area (Å²) < 4.78 is 53.2. The van der Waals surface area contributed by atoms with Crippen molar-refractivity contribution in [2.45, 2.75) is 44.7 Å². The zero-order valence-corrected chi connectivity index (χ0v) is 21.5. The summed E-state index contributed by atoms with van der Waals surface area (Å²) in [7, 11) is 1.57. The third-order valence-corrected chi connectivity index (χ3v) is 6.16. The van der Waals surface area contributed by atoms with Crippen LogP contribution in [0.15, 0.2) is 58.6 Å². The Morgan fingerprint density at radius 3 is 2.27 bits per heavy atom. The summed E-state index contributed by atoms with van der Waals surface area (Å²) in [5, 5.41) is 9.21. The molecule has 1 fully saturated rings. The molecule has 14 heteroatoms. The van der Waals surface area contributed by atoms with Crippen molar-refractivity contribution in [2.75, 3.05) is 5.73 Å².